The van der Waals surface area contributed by atoms with Gasteiger partial charge in [-0.3, -0.25) is 14.9 Å². The number of aromatic nitrogens is 1. The molecule has 2 aromatic rings. The second kappa shape index (κ2) is 3.16. The zero-order valence-corrected chi connectivity index (χ0v) is 7.36. The van der Waals surface area contributed by atoms with E-state index in [0.29, 0.717) is 5.39 Å². The van der Waals surface area contributed by atoms with E-state index in [2.05, 4.69) is 4.98 Å². The number of hydrogen-bond donors (Lipinski definition) is 1. The van der Waals surface area contributed by atoms with E-state index in [4.69, 9.17) is 0 Å². The lowest BCUT2D eigenvalue weighted by molar-refractivity contribution is -0.386. The monoisotopic (exact) mass is 208 g/mol. The molecule has 0 spiro atoms. The van der Waals surface area contributed by atoms with Crippen molar-refractivity contribution in [2.75, 3.05) is 0 Å². The van der Waals surface area contributed by atoms with Crippen LogP contribution in [0, 0.1) is 15.9 Å². The molecular weight excluding hydrogens is 203 g/mol. The van der Waals surface area contributed by atoms with Crippen molar-refractivity contribution in [1.82, 2.24) is 4.98 Å². The number of benzene rings is 1. The zero-order chi connectivity index (χ0) is 11.0. The molecule has 5 nitrogen and oxygen atoms in total. The second-order valence-electron chi connectivity index (χ2n) is 2.97. The van der Waals surface area contributed by atoms with E-state index in [1.807, 2.05) is 0 Å². The molecule has 0 aliphatic rings. The fourth-order valence-electron chi connectivity index (χ4n) is 1.30. The zero-order valence-electron chi connectivity index (χ0n) is 7.36. The molecule has 0 bridgehead atoms. The second-order valence-corrected chi connectivity index (χ2v) is 2.97. The number of nitro groups is 1. The molecule has 1 N–H and O–H groups in total. The summed E-state index contributed by atoms with van der Waals surface area (Å²) in [4.78, 5) is 23.1. The third-order valence-corrected chi connectivity index (χ3v) is 1.99. The van der Waals surface area contributed by atoms with Crippen molar-refractivity contribution < 1.29 is 9.31 Å². The summed E-state index contributed by atoms with van der Waals surface area (Å²) in [6.07, 6.45) is 0. The molecule has 0 aliphatic heterocycles. The van der Waals surface area contributed by atoms with Crippen LogP contribution in [0.5, 0.6) is 0 Å². The number of nitrogens with one attached hydrogen (secondary N) is 1. The van der Waals surface area contributed by atoms with Gasteiger partial charge in [0.15, 0.2) is 0 Å². The molecule has 0 saturated heterocycles. The van der Waals surface area contributed by atoms with Gasteiger partial charge >= 0.3 is 11.2 Å². The molecule has 1 heterocycles. The number of H-pyrrole nitrogens is 1. The van der Waals surface area contributed by atoms with Crippen molar-refractivity contribution in [3.05, 3.63) is 50.6 Å². The van der Waals surface area contributed by atoms with E-state index in [9.17, 15) is 19.3 Å². The lowest BCUT2D eigenvalue weighted by atomic mass is 10.2. The fraction of sp³-hybridized carbons (Fsp3) is 0. The smallest absolute Gasteiger partial charge is 0.316 e. The van der Waals surface area contributed by atoms with Gasteiger partial charge in [-0.05, 0) is 18.2 Å². The van der Waals surface area contributed by atoms with E-state index in [0.717, 1.165) is 12.1 Å². The highest BCUT2D eigenvalue weighted by Crippen LogP contribution is 2.15. The highest BCUT2D eigenvalue weighted by Gasteiger charge is 2.12. The first kappa shape index (κ1) is 9.32. The Morgan fingerprint density at radius 2 is 2.07 bits per heavy atom. The predicted octanol–water partition coefficient (Wildman–Crippen LogP) is 1.58. The molecule has 0 unspecified atom stereocenters. The van der Waals surface area contributed by atoms with E-state index in [-0.39, 0.29) is 5.52 Å². The Kier molecular flexibility index (Phi) is 1.96. The van der Waals surface area contributed by atoms with Gasteiger partial charge in [-0.25, -0.2) is 4.39 Å². The molecule has 15 heavy (non-hydrogen) atoms. The number of aromatic amines is 1. The van der Waals surface area contributed by atoms with Crippen molar-refractivity contribution >= 4 is 16.6 Å². The lowest BCUT2D eigenvalue weighted by Gasteiger charge is -1.97. The molecule has 6 heteroatoms. The predicted molar refractivity (Wildman–Crippen MR) is 51.2 cm³/mol. The Hall–Kier alpha value is -2.24. The van der Waals surface area contributed by atoms with Crippen LogP contribution in [0.15, 0.2) is 29.1 Å². The van der Waals surface area contributed by atoms with Crippen LogP contribution in [-0.4, -0.2) is 9.91 Å². The molecule has 1 aromatic heterocycles. The number of fused-ring (bicyclic) bond motifs is 1. The molecule has 2 rings (SSSR count). The van der Waals surface area contributed by atoms with Crippen LogP contribution in [0.1, 0.15) is 0 Å². The van der Waals surface area contributed by atoms with E-state index in [1.54, 1.807) is 0 Å². The fourth-order valence-corrected chi connectivity index (χ4v) is 1.30. The Bertz CT molecular complexity index is 606. The maximum absolute atomic E-state index is 12.8. The summed E-state index contributed by atoms with van der Waals surface area (Å²) in [5.74, 6) is -0.507. The maximum Gasteiger partial charge on any atom is 0.334 e. The summed E-state index contributed by atoms with van der Waals surface area (Å²) in [7, 11) is 0. The molecule has 0 atom stereocenters. The number of hydrogen-bond acceptors (Lipinski definition) is 3. The van der Waals surface area contributed by atoms with Crippen molar-refractivity contribution in [3.63, 3.8) is 0 Å². The van der Waals surface area contributed by atoms with Crippen molar-refractivity contribution in [2.45, 2.75) is 0 Å². The molecule has 0 saturated carbocycles. The van der Waals surface area contributed by atoms with Crippen LogP contribution in [0.25, 0.3) is 10.9 Å². The summed E-state index contributed by atoms with van der Waals surface area (Å²) in [6, 6.07) is 4.77. The normalized spacial score (nSPS) is 10.5. The Morgan fingerprint density at radius 3 is 2.73 bits per heavy atom. The molecule has 0 radical (unpaired) electrons. The molecule has 76 valence electrons. The summed E-state index contributed by atoms with van der Waals surface area (Å²) in [6.45, 7) is 0. The minimum atomic E-state index is -0.835. The van der Waals surface area contributed by atoms with Crippen LogP contribution in [-0.2, 0) is 0 Å². The van der Waals surface area contributed by atoms with Crippen LogP contribution >= 0.6 is 0 Å². The van der Waals surface area contributed by atoms with Gasteiger partial charge < -0.3 is 4.98 Å². The van der Waals surface area contributed by atoms with Gasteiger partial charge in [-0.1, -0.05) is 0 Å². The van der Waals surface area contributed by atoms with Gasteiger partial charge in [-0.15, -0.1) is 0 Å². The molecular formula is C9H5FN2O3. The van der Waals surface area contributed by atoms with Gasteiger partial charge in [0.1, 0.15) is 5.82 Å². The SMILES string of the molecule is O=c1[nH]c2cc(F)ccc2cc1[N+](=O)[O-]. The van der Waals surface area contributed by atoms with Crippen LogP contribution < -0.4 is 5.56 Å². The van der Waals surface area contributed by atoms with E-state index in [1.165, 1.54) is 12.1 Å². The van der Waals surface area contributed by atoms with Gasteiger partial charge in [0.2, 0.25) is 0 Å². The highest BCUT2D eigenvalue weighted by atomic mass is 19.1. The van der Waals surface area contributed by atoms with Crippen molar-refractivity contribution in [1.29, 1.82) is 0 Å². The maximum atomic E-state index is 12.8. The Morgan fingerprint density at radius 1 is 1.33 bits per heavy atom. The van der Waals surface area contributed by atoms with Crippen LogP contribution in [0.4, 0.5) is 10.1 Å². The van der Waals surface area contributed by atoms with Crippen LogP contribution in [0.2, 0.25) is 0 Å². The topological polar surface area (TPSA) is 76.0 Å². The first-order chi connectivity index (χ1) is 7.08. The Labute approximate surface area is 82.3 Å². The molecule has 0 amide bonds. The van der Waals surface area contributed by atoms with Crippen molar-refractivity contribution in [2.24, 2.45) is 0 Å². The number of pyridine rings is 1. The number of rotatable bonds is 1. The number of nitrogens with zero attached hydrogens (tertiary/aromatic N) is 1. The standard InChI is InChI=1S/C9H5FN2O3/c10-6-2-1-5-3-8(12(14)15)9(13)11-7(5)4-6/h1-4H,(H,11,13). The summed E-state index contributed by atoms with van der Waals surface area (Å²) in [5, 5.41) is 10.9. The molecule has 0 aliphatic carbocycles. The minimum absolute atomic E-state index is 0.241. The first-order valence-electron chi connectivity index (χ1n) is 4.05. The summed E-state index contributed by atoms with van der Waals surface area (Å²) in [5.41, 5.74) is -1.14. The quantitative estimate of drug-likeness (QED) is 0.570. The first-order valence-corrected chi connectivity index (χ1v) is 4.05. The third-order valence-electron chi connectivity index (χ3n) is 1.99. The average Bonchev–Trinajstić information content (AvgIpc) is 2.15. The van der Waals surface area contributed by atoms with E-state index >= 15 is 0 Å². The van der Waals surface area contributed by atoms with Crippen LogP contribution in [0.3, 0.4) is 0 Å². The van der Waals surface area contributed by atoms with E-state index < -0.39 is 22.0 Å². The van der Waals surface area contributed by atoms with Crippen molar-refractivity contribution in [3.8, 4) is 0 Å². The lowest BCUT2D eigenvalue weighted by Crippen LogP contribution is -2.10. The minimum Gasteiger partial charge on any atom is -0.316 e. The largest absolute Gasteiger partial charge is 0.334 e. The average molecular weight is 208 g/mol. The molecule has 0 fully saturated rings. The summed E-state index contributed by atoms with van der Waals surface area (Å²) < 4.78 is 12.8. The summed E-state index contributed by atoms with van der Waals surface area (Å²) >= 11 is 0. The Balaban J connectivity index is 2.82. The van der Waals surface area contributed by atoms with Gasteiger partial charge in [0.25, 0.3) is 0 Å². The number of halogens is 1. The molecule has 1 aromatic carbocycles. The van der Waals surface area contributed by atoms with Gasteiger partial charge in [0.05, 0.1) is 10.4 Å². The third kappa shape index (κ3) is 1.56. The van der Waals surface area contributed by atoms with Gasteiger partial charge in [0, 0.05) is 11.5 Å². The van der Waals surface area contributed by atoms with Gasteiger partial charge in [-0.2, -0.15) is 0 Å². The highest BCUT2D eigenvalue weighted by molar-refractivity contribution is 5.80.